The van der Waals surface area contributed by atoms with Crippen molar-refractivity contribution in [1.29, 1.82) is 0 Å². The molecule has 0 saturated carbocycles. The van der Waals surface area contributed by atoms with E-state index in [1.54, 1.807) is 0 Å². The van der Waals surface area contributed by atoms with Crippen LogP contribution in [0.5, 0.6) is 0 Å². The van der Waals surface area contributed by atoms with Gasteiger partial charge < -0.3 is 10.1 Å². The normalized spacial score (nSPS) is 10.4. The van der Waals surface area contributed by atoms with Crippen molar-refractivity contribution in [3.8, 4) is 0 Å². The predicted octanol–water partition coefficient (Wildman–Crippen LogP) is 2.69. The van der Waals surface area contributed by atoms with Crippen LogP contribution in [-0.2, 0) is 18.0 Å². The molecule has 1 aromatic carbocycles. The molecule has 0 radical (unpaired) electrons. The van der Waals surface area contributed by atoms with Crippen molar-refractivity contribution in [3.63, 3.8) is 0 Å². The van der Waals surface area contributed by atoms with Gasteiger partial charge in [-0.25, -0.2) is 4.98 Å². The molecule has 0 aliphatic heterocycles. The molecule has 0 unspecified atom stereocenters. The first-order valence-corrected chi connectivity index (χ1v) is 6.34. The van der Waals surface area contributed by atoms with Gasteiger partial charge in [-0.2, -0.15) is 4.37 Å². The predicted molar refractivity (Wildman–Crippen MR) is 69.0 cm³/mol. The Morgan fingerprint density at radius 3 is 2.82 bits per heavy atom. The van der Waals surface area contributed by atoms with Gasteiger partial charge in [0.1, 0.15) is 6.61 Å². The van der Waals surface area contributed by atoms with Crippen LogP contribution in [0, 0.1) is 0 Å². The number of nitrogens with one attached hydrogen (secondary N) is 1. The number of hydrogen-bond acceptors (Lipinski definition) is 5. The molecule has 1 aromatic heterocycles. The van der Waals surface area contributed by atoms with Gasteiger partial charge >= 0.3 is 0 Å². The lowest BCUT2D eigenvalue weighted by Crippen LogP contribution is -1.98. The average Bonchev–Trinajstić information content (AvgIpc) is 2.79. The van der Waals surface area contributed by atoms with E-state index >= 15 is 0 Å². The van der Waals surface area contributed by atoms with Crippen molar-refractivity contribution < 1.29 is 4.74 Å². The Bertz CT molecular complexity index is 444. The van der Waals surface area contributed by atoms with E-state index in [-0.39, 0.29) is 0 Å². The number of rotatable bonds is 6. The maximum Gasteiger partial charge on any atom is 0.202 e. The Labute approximate surface area is 105 Å². The smallest absolute Gasteiger partial charge is 0.202 e. The van der Waals surface area contributed by atoms with E-state index in [2.05, 4.69) is 14.7 Å². The van der Waals surface area contributed by atoms with E-state index < -0.39 is 0 Å². The second-order valence-corrected chi connectivity index (χ2v) is 4.28. The number of nitrogens with zero attached hydrogens (tertiary/aromatic N) is 2. The fraction of sp³-hybridized carbons (Fsp3) is 0.333. The van der Waals surface area contributed by atoms with Gasteiger partial charge in [0.05, 0.1) is 6.61 Å². The molecule has 0 spiro atoms. The summed E-state index contributed by atoms with van der Waals surface area (Å²) in [7, 11) is 0. The van der Waals surface area contributed by atoms with Crippen LogP contribution in [0.2, 0.25) is 0 Å². The third-order valence-corrected chi connectivity index (χ3v) is 2.85. The highest BCUT2D eigenvalue weighted by Gasteiger charge is 2.02. The molecular weight excluding hydrogens is 234 g/mol. The molecule has 5 heteroatoms. The lowest BCUT2D eigenvalue weighted by Gasteiger charge is -2.01. The Kier molecular flexibility index (Phi) is 4.46. The zero-order valence-corrected chi connectivity index (χ0v) is 10.5. The zero-order chi connectivity index (χ0) is 11.9. The highest BCUT2D eigenvalue weighted by Crippen LogP contribution is 2.11. The van der Waals surface area contributed by atoms with Gasteiger partial charge in [0.2, 0.25) is 5.13 Å². The standard InChI is InChI=1S/C12H15N3OS/c1-2-13-12-14-11(15-17-12)9-16-8-10-6-4-3-5-7-10/h3-7H,2,8-9H2,1H3,(H,13,14,15). The molecule has 1 N–H and O–H groups in total. The molecule has 17 heavy (non-hydrogen) atoms. The van der Waals surface area contributed by atoms with Crippen LogP contribution in [-0.4, -0.2) is 15.9 Å². The second kappa shape index (κ2) is 6.32. The summed E-state index contributed by atoms with van der Waals surface area (Å²) in [5, 5.41) is 3.98. The molecule has 2 aromatic rings. The summed E-state index contributed by atoms with van der Waals surface area (Å²) >= 11 is 1.37. The number of hydrogen-bond donors (Lipinski definition) is 1. The van der Waals surface area contributed by atoms with Crippen LogP contribution in [0.15, 0.2) is 30.3 Å². The highest BCUT2D eigenvalue weighted by atomic mass is 32.1. The summed E-state index contributed by atoms with van der Waals surface area (Å²) in [4.78, 5) is 4.30. The van der Waals surface area contributed by atoms with E-state index in [0.717, 1.165) is 23.1 Å². The first-order chi connectivity index (χ1) is 8.38. The molecular formula is C12H15N3OS. The van der Waals surface area contributed by atoms with Crippen molar-refractivity contribution in [2.24, 2.45) is 0 Å². The van der Waals surface area contributed by atoms with Gasteiger partial charge in [0.25, 0.3) is 0 Å². The summed E-state index contributed by atoms with van der Waals surface area (Å²) in [6, 6.07) is 10.1. The number of benzene rings is 1. The van der Waals surface area contributed by atoms with Crippen LogP contribution in [0.3, 0.4) is 0 Å². The Balaban J connectivity index is 1.78. The van der Waals surface area contributed by atoms with Crippen LogP contribution in [0.25, 0.3) is 0 Å². The van der Waals surface area contributed by atoms with Crippen molar-refractivity contribution in [3.05, 3.63) is 41.7 Å². The van der Waals surface area contributed by atoms with E-state index in [0.29, 0.717) is 13.2 Å². The average molecular weight is 249 g/mol. The maximum atomic E-state index is 5.55. The molecule has 0 atom stereocenters. The highest BCUT2D eigenvalue weighted by molar-refractivity contribution is 7.09. The quantitative estimate of drug-likeness (QED) is 0.855. The van der Waals surface area contributed by atoms with E-state index in [1.165, 1.54) is 11.5 Å². The van der Waals surface area contributed by atoms with Crippen molar-refractivity contribution >= 4 is 16.7 Å². The van der Waals surface area contributed by atoms with Crippen LogP contribution >= 0.6 is 11.5 Å². The first-order valence-electron chi connectivity index (χ1n) is 5.56. The van der Waals surface area contributed by atoms with E-state index in [1.807, 2.05) is 37.3 Å². The molecule has 90 valence electrons. The summed E-state index contributed by atoms with van der Waals surface area (Å²) in [5.41, 5.74) is 1.16. The topological polar surface area (TPSA) is 47.0 Å². The second-order valence-electron chi connectivity index (χ2n) is 3.52. The van der Waals surface area contributed by atoms with Gasteiger partial charge in [0.15, 0.2) is 5.82 Å². The summed E-state index contributed by atoms with van der Waals surface area (Å²) in [6.45, 7) is 3.94. The zero-order valence-electron chi connectivity index (χ0n) is 9.72. The van der Waals surface area contributed by atoms with Gasteiger partial charge in [0, 0.05) is 18.1 Å². The molecule has 0 saturated heterocycles. The van der Waals surface area contributed by atoms with Gasteiger partial charge in [-0.05, 0) is 12.5 Å². The summed E-state index contributed by atoms with van der Waals surface area (Å²) in [5.74, 6) is 0.738. The Morgan fingerprint density at radius 1 is 1.24 bits per heavy atom. The summed E-state index contributed by atoms with van der Waals surface area (Å²) in [6.07, 6.45) is 0. The van der Waals surface area contributed by atoms with Gasteiger partial charge in [-0.1, -0.05) is 30.3 Å². The summed E-state index contributed by atoms with van der Waals surface area (Å²) < 4.78 is 9.76. The van der Waals surface area contributed by atoms with E-state index in [4.69, 9.17) is 4.74 Å². The minimum absolute atomic E-state index is 0.455. The van der Waals surface area contributed by atoms with Crippen molar-refractivity contribution in [2.75, 3.05) is 11.9 Å². The molecule has 1 heterocycles. The Hall–Kier alpha value is -1.46. The van der Waals surface area contributed by atoms with Crippen molar-refractivity contribution in [2.45, 2.75) is 20.1 Å². The molecule has 0 amide bonds. The number of aromatic nitrogens is 2. The molecule has 4 nitrogen and oxygen atoms in total. The fourth-order valence-corrected chi connectivity index (χ4v) is 2.01. The van der Waals surface area contributed by atoms with Gasteiger partial charge in [-0.3, -0.25) is 0 Å². The number of anilines is 1. The molecule has 0 bridgehead atoms. The lowest BCUT2D eigenvalue weighted by molar-refractivity contribution is 0.102. The monoisotopic (exact) mass is 249 g/mol. The van der Waals surface area contributed by atoms with Gasteiger partial charge in [-0.15, -0.1) is 0 Å². The molecule has 0 fully saturated rings. The minimum Gasteiger partial charge on any atom is -0.369 e. The largest absolute Gasteiger partial charge is 0.369 e. The Morgan fingerprint density at radius 2 is 2.06 bits per heavy atom. The molecule has 0 aliphatic carbocycles. The fourth-order valence-electron chi connectivity index (χ4n) is 1.37. The van der Waals surface area contributed by atoms with E-state index in [9.17, 15) is 0 Å². The third kappa shape index (κ3) is 3.80. The lowest BCUT2D eigenvalue weighted by atomic mass is 10.2. The van der Waals surface area contributed by atoms with Crippen LogP contribution in [0.1, 0.15) is 18.3 Å². The van der Waals surface area contributed by atoms with Crippen LogP contribution < -0.4 is 5.32 Å². The SMILES string of the molecule is CCNc1nc(COCc2ccccc2)ns1. The number of ether oxygens (including phenoxy) is 1. The molecule has 0 aliphatic rings. The van der Waals surface area contributed by atoms with Crippen molar-refractivity contribution in [1.82, 2.24) is 9.36 Å². The third-order valence-electron chi connectivity index (χ3n) is 2.14. The maximum absolute atomic E-state index is 5.55. The molecule has 2 rings (SSSR count). The minimum atomic E-state index is 0.455. The first kappa shape index (κ1) is 12.0. The van der Waals surface area contributed by atoms with Crippen LogP contribution in [0.4, 0.5) is 5.13 Å².